The van der Waals surface area contributed by atoms with Gasteiger partial charge in [-0.05, 0) is 43.5 Å². The van der Waals surface area contributed by atoms with E-state index in [4.69, 9.17) is 0 Å². The minimum Gasteiger partial charge on any atom is -0.508 e. The Hall–Kier alpha value is -1.57. The summed E-state index contributed by atoms with van der Waals surface area (Å²) in [6.07, 6.45) is 0.830. The van der Waals surface area contributed by atoms with Crippen LogP contribution in [0.25, 0.3) is 0 Å². The lowest BCUT2D eigenvalue weighted by Gasteiger charge is -2.08. The van der Waals surface area contributed by atoms with Crippen molar-refractivity contribution < 1.29 is 9.90 Å². The van der Waals surface area contributed by atoms with Gasteiger partial charge in [0.05, 0.1) is 0 Å². The molecule has 14 heavy (non-hydrogen) atoms. The summed E-state index contributed by atoms with van der Waals surface area (Å²) >= 11 is 0. The molecule has 1 rings (SSSR count). The summed E-state index contributed by atoms with van der Waals surface area (Å²) in [6, 6.07) is 1.62. The highest BCUT2D eigenvalue weighted by Gasteiger charge is 2.07. The van der Waals surface area contributed by atoms with E-state index in [1.165, 1.54) is 0 Å². The predicted octanol–water partition coefficient (Wildman–Crippen LogP) is 2.93. The SMILES string of the molecule is C=C.Cc1cc(O)c(C)c(C)c1C=O. The molecule has 0 saturated heterocycles. The lowest BCUT2D eigenvalue weighted by atomic mass is 9.98. The number of hydrogen-bond acceptors (Lipinski definition) is 2. The quantitative estimate of drug-likeness (QED) is 0.548. The minimum atomic E-state index is 0.260. The fourth-order valence-corrected chi connectivity index (χ4v) is 1.26. The van der Waals surface area contributed by atoms with E-state index in [0.717, 1.165) is 23.0 Å². The second kappa shape index (κ2) is 5.22. The maximum atomic E-state index is 10.6. The Morgan fingerprint density at radius 1 is 1.21 bits per heavy atom. The van der Waals surface area contributed by atoms with Crippen molar-refractivity contribution in [3.63, 3.8) is 0 Å². The van der Waals surface area contributed by atoms with Crippen molar-refractivity contribution >= 4 is 6.29 Å². The van der Waals surface area contributed by atoms with Gasteiger partial charge in [-0.1, -0.05) is 0 Å². The third kappa shape index (κ3) is 2.22. The summed E-state index contributed by atoms with van der Waals surface area (Å²) in [5.41, 5.74) is 3.15. The average Bonchev–Trinajstić information content (AvgIpc) is 2.18. The lowest BCUT2D eigenvalue weighted by molar-refractivity contribution is 0.112. The summed E-state index contributed by atoms with van der Waals surface area (Å²) in [5, 5.41) is 9.38. The number of carbonyl (C=O) groups excluding carboxylic acids is 1. The molecule has 0 fully saturated rings. The molecule has 1 aromatic carbocycles. The van der Waals surface area contributed by atoms with Crippen LogP contribution in [-0.2, 0) is 0 Å². The van der Waals surface area contributed by atoms with Crippen molar-refractivity contribution in [2.45, 2.75) is 20.8 Å². The fraction of sp³-hybridized carbons (Fsp3) is 0.250. The van der Waals surface area contributed by atoms with Crippen LogP contribution in [0.15, 0.2) is 19.2 Å². The first kappa shape index (κ1) is 12.4. The molecule has 0 heterocycles. The van der Waals surface area contributed by atoms with Gasteiger partial charge in [-0.3, -0.25) is 4.79 Å². The largest absolute Gasteiger partial charge is 0.508 e. The van der Waals surface area contributed by atoms with E-state index in [-0.39, 0.29) is 5.75 Å². The Labute approximate surface area is 84.9 Å². The highest BCUT2D eigenvalue weighted by Crippen LogP contribution is 2.24. The predicted molar refractivity (Wildman–Crippen MR) is 59.0 cm³/mol. The van der Waals surface area contributed by atoms with Crippen LogP contribution in [-0.4, -0.2) is 11.4 Å². The topological polar surface area (TPSA) is 37.3 Å². The Kier molecular flexibility index (Phi) is 4.64. The van der Waals surface area contributed by atoms with Crippen molar-refractivity contribution in [3.8, 4) is 5.75 Å². The Bertz CT molecular complexity index is 341. The molecule has 0 atom stereocenters. The van der Waals surface area contributed by atoms with Crippen molar-refractivity contribution in [1.82, 2.24) is 0 Å². The molecule has 0 saturated carbocycles. The van der Waals surface area contributed by atoms with Crippen molar-refractivity contribution in [2.24, 2.45) is 0 Å². The first-order chi connectivity index (χ1) is 6.57. The molecule has 1 aromatic rings. The van der Waals surface area contributed by atoms with Crippen LogP contribution in [0.1, 0.15) is 27.0 Å². The number of hydrogen-bond donors (Lipinski definition) is 1. The van der Waals surface area contributed by atoms with Gasteiger partial charge in [0, 0.05) is 5.56 Å². The Balaban J connectivity index is 0.000000791. The minimum absolute atomic E-state index is 0.260. The molecular formula is C12H16O2. The summed E-state index contributed by atoms with van der Waals surface area (Å²) in [4.78, 5) is 10.6. The van der Waals surface area contributed by atoms with E-state index in [1.807, 2.05) is 13.8 Å². The maximum absolute atomic E-state index is 10.6. The van der Waals surface area contributed by atoms with Crippen LogP contribution in [0, 0.1) is 20.8 Å². The molecule has 76 valence electrons. The third-order valence-corrected chi connectivity index (χ3v) is 2.25. The van der Waals surface area contributed by atoms with E-state index in [9.17, 15) is 9.90 Å². The Morgan fingerprint density at radius 2 is 1.71 bits per heavy atom. The zero-order chi connectivity index (χ0) is 11.3. The van der Waals surface area contributed by atoms with E-state index >= 15 is 0 Å². The number of phenols is 1. The van der Waals surface area contributed by atoms with Crippen LogP contribution in [0.2, 0.25) is 0 Å². The molecule has 0 aliphatic carbocycles. The highest BCUT2D eigenvalue weighted by molar-refractivity contribution is 5.81. The molecule has 0 radical (unpaired) electrons. The number of benzene rings is 1. The van der Waals surface area contributed by atoms with Gasteiger partial charge >= 0.3 is 0 Å². The number of phenolic OH excluding ortho intramolecular Hbond substituents is 1. The van der Waals surface area contributed by atoms with Gasteiger partial charge in [0.2, 0.25) is 0 Å². The van der Waals surface area contributed by atoms with Crippen LogP contribution >= 0.6 is 0 Å². The van der Waals surface area contributed by atoms with Crippen molar-refractivity contribution in [2.75, 3.05) is 0 Å². The zero-order valence-electron chi connectivity index (χ0n) is 8.92. The van der Waals surface area contributed by atoms with E-state index in [2.05, 4.69) is 13.2 Å². The molecule has 0 unspecified atom stereocenters. The van der Waals surface area contributed by atoms with Gasteiger partial charge in [-0.15, -0.1) is 13.2 Å². The second-order valence-electron chi connectivity index (χ2n) is 2.99. The fourth-order valence-electron chi connectivity index (χ4n) is 1.26. The molecule has 0 aliphatic heterocycles. The van der Waals surface area contributed by atoms with Gasteiger partial charge in [-0.25, -0.2) is 0 Å². The second-order valence-corrected chi connectivity index (χ2v) is 2.99. The van der Waals surface area contributed by atoms with Gasteiger partial charge < -0.3 is 5.11 Å². The number of aldehydes is 1. The molecular weight excluding hydrogens is 176 g/mol. The number of aryl methyl sites for hydroxylation is 1. The summed E-state index contributed by atoms with van der Waals surface area (Å²) in [5.74, 6) is 0.260. The summed E-state index contributed by atoms with van der Waals surface area (Å²) in [7, 11) is 0. The zero-order valence-corrected chi connectivity index (χ0v) is 8.92. The van der Waals surface area contributed by atoms with Crippen LogP contribution < -0.4 is 0 Å². The van der Waals surface area contributed by atoms with Gasteiger partial charge in [0.1, 0.15) is 5.75 Å². The number of aromatic hydroxyl groups is 1. The molecule has 0 aromatic heterocycles. The molecule has 2 nitrogen and oxygen atoms in total. The molecule has 0 aliphatic rings. The van der Waals surface area contributed by atoms with Crippen LogP contribution in [0.5, 0.6) is 5.75 Å². The maximum Gasteiger partial charge on any atom is 0.150 e. The summed E-state index contributed by atoms with van der Waals surface area (Å²) in [6.45, 7) is 11.5. The first-order valence-electron chi connectivity index (χ1n) is 4.33. The van der Waals surface area contributed by atoms with Crippen molar-refractivity contribution in [1.29, 1.82) is 0 Å². The van der Waals surface area contributed by atoms with Crippen LogP contribution in [0.3, 0.4) is 0 Å². The Morgan fingerprint density at radius 3 is 2.14 bits per heavy atom. The normalized spacial score (nSPS) is 8.79. The smallest absolute Gasteiger partial charge is 0.150 e. The van der Waals surface area contributed by atoms with E-state index in [1.54, 1.807) is 13.0 Å². The standard InChI is InChI=1S/C10H12O2.C2H4/c1-6-4-10(12)8(3)7(2)9(6)5-11;1-2/h4-5,12H,1-3H3;1-2H2. The highest BCUT2D eigenvalue weighted by atomic mass is 16.3. The first-order valence-corrected chi connectivity index (χ1v) is 4.33. The average molecular weight is 192 g/mol. The number of rotatable bonds is 1. The molecule has 0 bridgehead atoms. The van der Waals surface area contributed by atoms with E-state index < -0.39 is 0 Å². The van der Waals surface area contributed by atoms with Crippen LogP contribution in [0.4, 0.5) is 0 Å². The monoisotopic (exact) mass is 192 g/mol. The summed E-state index contributed by atoms with van der Waals surface area (Å²) < 4.78 is 0. The molecule has 0 amide bonds. The molecule has 0 spiro atoms. The third-order valence-electron chi connectivity index (χ3n) is 2.25. The lowest BCUT2D eigenvalue weighted by Crippen LogP contribution is -1.94. The van der Waals surface area contributed by atoms with Gasteiger partial charge in [0.25, 0.3) is 0 Å². The van der Waals surface area contributed by atoms with E-state index in [0.29, 0.717) is 5.56 Å². The van der Waals surface area contributed by atoms with Crippen molar-refractivity contribution in [3.05, 3.63) is 41.5 Å². The molecule has 1 N–H and O–H groups in total. The number of carbonyl (C=O) groups is 1. The molecule has 2 heteroatoms. The van der Waals surface area contributed by atoms with Gasteiger partial charge in [0.15, 0.2) is 6.29 Å². The van der Waals surface area contributed by atoms with Gasteiger partial charge in [-0.2, -0.15) is 0 Å².